The van der Waals surface area contributed by atoms with Crippen molar-refractivity contribution in [2.24, 2.45) is 0 Å². The van der Waals surface area contributed by atoms with Crippen molar-refractivity contribution in [1.82, 2.24) is 15.1 Å². The van der Waals surface area contributed by atoms with E-state index in [0.29, 0.717) is 17.0 Å². The largest absolute Gasteiger partial charge is 0.491 e. The van der Waals surface area contributed by atoms with Gasteiger partial charge < -0.3 is 15.2 Å². The average molecular weight is 345 g/mol. The maximum absolute atomic E-state index is 12.4. The number of rotatable bonds is 8. The first-order chi connectivity index (χ1) is 11.9. The second-order valence-electron chi connectivity index (χ2n) is 6.26. The van der Waals surface area contributed by atoms with Crippen LogP contribution in [0.15, 0.2) is 24.3 Å². The number of ether oxygens (including phenoxy) is 1. The van der Waals surface area contributed by atoms with Crippen molar-refractivity contribution >= 4 is 5.91 Å². The van der Waals surface area contributed by atoms with Gasteiger partial charge in [0.2, 0.25) is 0 Å². The SMILES string of the molecule is CCCn1nc(C)c(C(=O)NCC(O)COc2cccc(C)c2)c1C. The van der Waals surface area contributed by atoms with Gasteiger partial charge in [-0.25, -0.2) is 0 Å². The van der Waals surface area contributed by atoms with Gasteiger partial charge in [-0.2, -0.15) is 5.10 Å². The molecule has 0 aliphatic rings. The molecule has 0 radical (unpaired) electrons. The minimum atomic E-state index is -0.782. The Morgan fingerprint density at radius 3 is 2.80 bits per heavy atom. The molecule has 1 atom stereocenters. The van der Waals surface area contributed by atoms with Gasteiger partial charge in [0.05, 0.1) is 11.3 Å². The molecule has 2 N–H and O–H groups in total. The Morgan fingerprint density at radius 2 is 2.12 bits per heavy atom. The van der Waals surface area contributed by atoms with Crippen LogP contribution in [-0.2, 0) is 6.54 Å². The molecule has 6 nitrogen and oxygen atoms in total. The molecule has 0 fully saturated rings. The number of nitrogens with zero attached hydrogens (tertiary/aromatic N) is 2. The molecule has 1 heterocycles. The lowest BCUT2D eigenvalue weighted by atomic mass is 10.2. The number of aliphatic hydroxyl groups is 1. The third-order valence-electron chi connectivity index (χ3n) is 3.97. The van der Waals surface area contributed by atoms with Gasteiger partial charge in [0, 0.05) is 18.8 Å². The second kappa shape index (κ2) is 8.67. The fourth-order valence-corrected chi connectivity index (χ4v) is 2.71. The Hall–Kier alpha value is -2.34. The number of hydrogen-bond acceptors (Lipinski definition) is 4. The van der Waals surface area contributed by atoms with Crippen LogP contribution in [0.1, 0.15) is 40.7 Å². The van der Waals surface area contributed by atoms with E-state index < -0.39 is 6.10 Å². The summed E-state index contributed by atoms with van der Waals surface area (Å²) >= 11 is 0. The minimum Gasteiger partial charge on any atom is -0.491 e. The number of nitrogens with one attached hydrogen (secondary N) is 1. The number of carbonyl (C=O) groups is 1. The van der Waals surface area contributed by atoms with Crippen molar-refractivity contribution in [1.29, 1.82) is 0 Å². The number of carbonyl (C=O) groups excluding carboxylic acids is 1. The van der Waals surface area contributed by atoms with Gasteiger partial charge in [-0.05, 0) is 44.9 Å². The van der Waals surface area contributed by atoms with Crippen LogP contribution < -0.4 is 10.1 Å². The maximum Gasteiger partial charge on any atom is 0.255 e. The zero-order valence-electron chi connectivity index (χ0n) is 15.4. The Balaban J connectivity index is 1.87. The summed E-state index contributed by atoms with van der Waals surface area (Å²) in [5.74, 6) is 0.491. The molecule has 2 rings (SSSR count). The van der Waals surface area contributed by atoms with Gasteiger partial charge >= 0.3 is 0 Å². The molecule has 1 unspecified atom stereocenters. The average Bonchev–Trinajstić information content (AvgIpc) is 2.85. The number of aromatic nitrogens is 2. The first kappa shape index (κ1) is 19.0. The van der Waals surface area contributed by atoms with E-state index in [9.17, 15) is 9.90 Å². The summed E-state index contributed by atoms with van der Waals surface area (Å²) in [5, 5.41) is 17.2. The summed E-state index contributed by atoms with van der Waals surface area (Å²) in [7, 11) is 0. The van der Waals surface area contributed by atoms with Crippen LogP contribution >= 0.6 is 0 Å². The summed E-state index contributed by atoms with van der Waals surface area (Å²) in [5.41, 5.74) is 3.23. The Kier molecular flexibility index (Phi) is 6.58. The molecule has 6 heteroatoms. The van der Waals surface area contributed by atoms with Gasteiger partial charge in [0.25, 0.3) is 5.91 Å². The zero-order chi connectivity index (χ0) is 18.4. The topological polar surface area (TPSA) is 76.4 Å². The molecular weight excluding hydrogens is 318 g/mol. The number of aliphatic hydroxyl groups excluding tert-OH is 1. The molecule has 1 aromatic heterocycles. The van der Waals surface area contributed by atoms with Gasteiger partial charge in [-0.3, -0.25) is 9.48 Å². The van der Waals surface area contributed by atoms with Crippen LogP contribution in [0.3, 0.4) is 0 Å². The van der Waals surface area contributed by atoms with Crippen LogP contribution in [0.2, 0.25) is 0 Å². The van der Waals surface area contributed by atoms with Crippen molar-refractivity contribution in [3.8, 4) is 5.75 Å². The van der Waals surface area contributed by atoms with E-state index in [0.717, 1.165) is 24.2 Å². The van der Waals surface area contributed by atoms with Gasteiger partial charge in [-0.1, -0.05) is 19.1 Å². The van der Waals surface area contributed by atoms with Crippen LogP contribution in [0.25, 0.3) is 0 Å². The summed E-state index contributed by atoms with van der Waals surface area (Å²) < 4.78 is 7.40. The first-order valence-corrected chi connectivity index (χ1v) is 8.62. The number of amides is 1. The molecule has 0 aliphatic heterocycles. The lowest BCUT2D eigenvalue weighted by Gasteiger charge is -2.14. The predicted octanol–water partition coefficient (Wildman–Crippen LogP) is 2.39. The van der Waals surface area contributed by atoms with E-state index >= 15 is 0 Å². The predicted molar refractivity (Wildman–Crippen MR) is 97.0 cm³/mol. The molecule has 2 aromatic rings. The minimum absolute atomic E-state index is 0.122. The van der Waals surface area contributed by atoms with Crippen LogP contribution in [0, 0.1) is 20.8 Å². The van der Waals surface area contributed by atoms with E-state index in [1.54, 1.807) is 0 Å². The van der Waals surface area contributed by atoms with Crippen molar-refractivity contribution in [3.63, 3.8) is 0 Å². The molecule has 0 saturated carbocycles. The molecule has 136 valence electrons. The van der Waals surface area contributed by atoms with Crippen molar-refractivity contribution in [2.45, 2.75) is 46.8 Å². The third kappa shape index (κ3) is 5.06. The van der Waals surface area contributed by atoms with E-state index in [-0.39, 0.29) is 19.1 Å². The smallest absolute Gasteiger partial charge is 0.255 e. The fraction of sp³-hybridized carbons (Fsp3) is 0.474. The molecule has 1 amide bonds. The monoisotopic (exact) mass is 345 g/mol. The molecule has 25 heavy (non-hydrogen) atoms. The van der Waals surface area contributed by atoms with Crippen molar-refractivity contribution in [2.75, 3.05) is 13.2 Å². The highest BCUT2D eigenvalue weighted by atomic mass is 16.5. The Bertz CT molecular complexity index is 725. The van der Waals surface area contributed by atoms with Gasteiger partial charge in [0.1, 0.15) is 18.5 Å². The van der Waals surface area contributed by atoms with Crippen LogP contribution in [0.4, 0.5) is 0 Å². The standard InChI is InChI=1S/C19H27N3O3/c1-5-9-22-15(4)18(14(3)21-22)19(24)20-11-16(23)12-25-17-8-6-7-13(2)10-17/h6-8,10,16,23H,5,9,11-12H2,1-4H3,(H,20,24). The second-order valence-corrected chi connectivity index (χ2v) is 6.26. The summed E-state index contributed by atoms with van der Waals surface area (Å²) in [6.45, 7) is 8.80. The molecule has 0 spiro atoms. The Labute approximate surface area is 148 Å². The summed E-state index contributed by atoms with van der Waals surface area (Å²) in [4.78, 5) is 12.4. The highest BCUT2D eigenvalue weighted by molar-refractivity contribution is 5.96. The quantitative estimate of drug-likeness (QED) is 0.770. The van der Waals surface area contributed by atoms with Crippen LogP contribution in [0.5, 0.6) is 5.75 Å². The third-order valence-corrected chi connectivity index (χ3v) is 3.97. The maximum atomic E-state index is 12.4. The van der Waals surface area contributed by atoms with Gasteiger partial charge in [0.15, 0.2) is 0 Å². The van der Waals surface area contributed by atoms with Crippen molar-refractivity contribution < 1.29 is 14.6 Å². The lowest BCUT2D eigenvalue weighted by molar-refractivity contribution is 0.0842. The highest BCUT2D eigenvalue weighted by Gasteiger charge is 2.19. The number of aryl methyl sites for hydroxylation is 3. The Morgan fingerprint density at radius 1 is 1.36 bits per heavy atom. The van der Waals surface area contributed by atoms with E-state index in [4.69, 9.17) is 4.74 Å². The molecular formula is C19H27N3O3. The van der Waals surface area contributed by atoms with Crippen molar-refractivity contribution in [3.05, 3.63) is 46.8 Å². The van der Waals surface area contributed by atoms with Crippen LogP contribution in [-0.4, -0.2) is 40.0 Å². The first-order valence-electron chi connectivity index (χ1n) is 8.62. The van der Waals surface area contributed by atoms with E-state index in [2.05, 4.69) is 17.3 Å². The molecule has 0 saturated heterocycles. The normalized spacial score (nSPS) is 12.0. The van der Waals surface area contributed by atoms with E-state index in [1.807, 2.05) is 49.7 Å². The molecule has 0 aliphatic carbocycles. The fourth-order valence-electron chi connectivity index (χ4n) is 2.71. The molecule has 1 aromatic carbocycles. The van der Waals surface area contributed by atoms with E-state index in [1.165, 1.54) is 0 Å². The summed E-state index contributed by atoms with van der Waals surface area (Å²) in [6.07, 6.45) is 0.175. The summed E-state index contributed by atoms with van der Waals surface area (Å²) in [6, 6.07) is 7.62. The lowest BCUT2D eigenvalue weighted by Crippen LogP contribution is -2.35. The highest BCUT2D eigenvalue weighted by Crippen LogP contribution is 2.14. The number of hydrogen-bond donors (Lipinski definition) is 2. The zero-order valence-corrected chi connectivity index (χ0v) is 15.4. The number of benzene rings is 1. The molecule has 0 bridgehead atoms. The van der Waals surface area contributed by atoms with Gasteiger partial charge in [-0.15, -0.1) is 0 Å².